The lowest BCUT2D eigenvalue weighted by atomic mass is 9.90. The van der Waals surface area contributed by atoms with Gasteiger partial charge in [-0.05, 0) is 0 Å². The van der Waals surface area contributed by atoms with Gasteiger partial charge in [-0.1, -0.05) is 12.2 Å². The van der Waals surface area contributed by atoms with Gasteiger partial charge >= 0.3 is 0 Å². The summed E-state index contributed by atoms with van der Waals surface area (Å²) in [5.74, 6) is 0. The summed E-state index contributed by atoms with van der Waals surface area (Å²) in [6, 6.07) is 0. The minimum atomic E-state index is -0.453. The summed E-state index contributed by atoms with van der Waals surface area (Å²) in [5, 5.41) is 9.84. The average Bonchev–Trinajstić information content (AvgIpc) is 2.39. The number of aliphatic hydroxyl groups is 1. The van der Waals surface area contributed by atoms with E-state index < -0.39 is 11.2 Å². The second-order valence-electron chi connectivity index (χ2n) is 4.49. The summed E-state index contributed by atoms with van der Waals surface area (Å²) in [7, 11) is 3.28. The molecule has 0 radical (unpaired) electrons. The number of ether oxygens (including phenoxy) is 3. The molecule has 4 nitrogen and oxygen atoms in total. The van der Waals surface area contributed by atoms with Crippen LogP contribution in [0.4, 0.5) is 0 Å². The SMILES string of the molecule is COC[C@@]12C=C[C@@](COC)(CC(O)C1)O2. The van der Waals surface area contributed by atoms with Crippen molar-refractivity contribution in [3.63, 3.8) is 0 Å². The van der Waals surface area contributed by atoms with Gasteiger partial charge in [-0.2, -0.15) is 0 Å². The normalized spacial score (nSPS) is 43.5. The molecule has 0 saturated carbocycles. The summed E-state index contributed by atoms with van der Waals surface area (Å²) in [6.45, 7) is 0.956. The lowest BCUT2D eigenvalue weighted by Crippen LogP contribution is -2.51. The molecule has 3 atom stereocenters. The van der Waals surface area contributed by atoms with Gasteiger partial charge in [-0.25, -0.2) is 0 Å². The average molecular weight is 214 g/mol. The second kappa shape index (κ2) is 3.87. The number of hydrogen-bond donors (Lipinski definition) is 1. The molecule has 2 rings (SSSR count). The third-order valence-corrected chi connectivity index (χ3v) is 3.04. The van der Waals surface area contributed by atoms with Crippen molar-refractivity contribution >= 4 is 0 Å². The Kier molecular flexibility index (Phi) is 2.85. The van der Waals surface area contributed by atoms with E-state index in [-0.39, 0.29) is 6.10 Å². The zero-order chi connectivity index (χ0) is 10.9. The van der Waals surface area contributed by atoms with Crippen LogP contribution in [0.1, 0.15) is 12.8 Å². The van der Waals surface area contributed by atoms with Gasteiger partial charge in [0.1, 0.15) is 11.2 Å². The predicted octanol–water partition coefficient (Wildman–Crippen LogP) is 0.498. The summed E-state index contributed by atoms with van der Waals surface area (Å²) in [4.78, 5) is 0. The van der Waals surface area contributed by atoms with Gasteiger partial charge < -0.3 is 19.3 Å². The molecule has 2 aliphatic rings. The number of rotatable bonds is 4. The molecule has 0 aromatic rings. The van der Waals surface area contributed by atoms with Crippen molar-refractivity contribution in [3.05, 3.63) is 12.2 Å². The van der Waals surface area contributed by atoms with Crippen LogP contribution in [0.15, 0.2) is 12.2 Å². The van der Waals surface area contributed by atoms with Gasteiger partial charge in [0.25, 0.3) is 0 Å². The van der Waals surface area contributed by atoms with E-state index in [0.717, 1.165) is 0 Å². The monoisotopic (exact) mass is 214 g/mol. The van der Waals surface area contributed by atoms with Crippen molar-refractivity contribution in [3.8, 4) is 0 Å². The molecule has 0 spiro atoms. The molecule has 2 aliphatic heterocycles. The van der Waals surface area contributed by atoms with E-state index in [1.807, 2.05) is 12.2 Å². The quantitative estimate of drug-likeness (QED) is 0.692. The summed E-state index contributed by atoms with van der Waals surface area (Å²) >= 11 is 0. The van der Waals surface area contributed by atoms with Gasteiger partial charge in [0.05, 0.1) is 19.3 Å². The zero-order valence-corrected chi connectivity index (χ0v) is 9.23. The molecule has 0 amide bonds. The Labute approximate surface area is 89.8 Å². The zero-order valence-electron chi connectivity index (χ0n) is 9.23. The first-order valence-electron chi connectivity index (χ1n) is 5.20. The van der Waals surface area contributed by atoms with Gasteiger partial charge in [0.15, 0.2) is 0 Å². The first-order valence-corrected chi connectivity index (χ1v) is 5.20. The Balaban J connectivity index is 2.16. The first-order chi connectivity index (χ1) is 7.14. The lowest BCUT2D eigenvalue weighted by molar-refractivity contribution is -0.192. The lowest BCUT2D eigenvalue weighted by Gasteiger charge is -2.42. The molecule has 2 bridgehead atoms. The minimum Gasteiger partial charge on any atom is -0.393 e. The highest BCUT2D eigenvalue weighted by atomic mass is 16.6. The van der Waals surface area contributed by atoms with Crippen molar-refractivity contribution in [2.75, 3.05) is 27.4 Å². The maximum absolute atomic E-state index is 9.84. The topological polar surface area (TPSA) is 47.9 Å². The molecule has 1 unspecified atom stereocenters. The van der Waals surface area contributed by atoms with Crippen LogP contribution >= 0.6 is 0 Å². The second-order valence-corrected chi connectivity index (χ2v) is 4.49. The highest BCUT2D eigenvalue weighted by molar-refractivity contribution is 5.22. The Bertz CT molecular complexity index is 241. The van der Waals surface area contributed by atoms with Gasteiger partial charge in [0.2, 0.25) is 0 Å². The predicted molar refractivity (Wildman–Crippen MR) is 54.7 cm³/mol. The van der Waals surface area contributed by atoms with Crippen LogP contribution in [0.25, 0.3) is 0 Å². The molecule has 0 aromatic heterocycles. The number of hydrogen-bond acceptors (Lipinski definition) is 4. The van der Waals surface area contributed by atoms with E-state index in [4.69, 9.17) is 14.2 Å². The Morgan fingerprint density at radius 2 is 1.67 bits per heavy atom. The van der Waals surface area contributed by atoms with E-state index in [0.29, 0.717) is 26.1 Å². The molecule has 1 N–H and O–H groups in total. The van der Waals surface area contributed by atoms with Crippen LogP contribution in [0, 0.1) is 0 Å². The fraction of sp³-hybridized carbons (Fsp3) is 0.818. The molecular weight excluding hydrogens is 196 g/mol. The van der Waals surface area contributed by atoms with Crippen LogP contribution in [-0.4, -0.2) is 49.8 Å². The Hall–Kier alpha value is -0.420. The minimum absolute atomic E-state index is 0.348. The summed E-state index contributed by atoms with van der Waals surface area (Å²) < 4.78 is 16.3. The van der Waals surface area contributed by atoms with Crippen LogP contribution < -0.4 is 0 Å². The summed E-state index contributed by atoms with van der Waals surface area (Å²) in [5.41, 5.74) is -0.907. The van der Waals surface area contributed by atoms with E-state index in [1.54, 1.807) is 14.2 Å². The fourth-order valence-corrected chi connectivity index (χ4v) is 2.63. The van der Waals surface area contributed by atoms with Crippen molar-refractivity contribution in [1.82, 2.24) is 0 Å². The van der Waals surface area contributed by atoms with Crippen LogP contribution in [0.3, 0.4) is 0 Å². The molecule has 4 heteroatoms. The molecule has 15 heavy (non-hydrogen) atoms. The van der Waals surface area contributed by atoms with E-state index in [2.05, 4.69) is 0 Å². The fourth-order valence-electron chi connectivity index (χ4n) is 2.63. The maximum Gasteiger partial charge on any atom is 0.113 e. The van der Waals surface area contributed by atoms with Gasteiger partial charge in [-0.3, -0.25) is 0 Å². The molecule has 1 saturated heterocycles. The maximum atomic E-state index is 9.84. The molecular formula is C11H18O4. The van der Waals surface area contributed by atoms with Crippen LogP contribution in [-0.2, 0) is 14.2 Å². The molecule has 0 aliphatic carbocycles. The number of methoxy groups -OCH3 is 2. The molecule has 1 fully saturated rings. The standard InChI is InChI=1S/C11H18O4/c1-13-7-10-3-4-11(15-10,8-14-2)6-9(12)5-10/h3-4,9,12H,5-8H2,1-2H3/t9?,10-,11+. The molecule has 2 heterocycles. The van der Waals surface area contributed by atoms with Crippen molar-refractivity contribution in [1.29, 1.82) is 0 Å². The Morgan fingerprint density at radius 3 is 2.07 bits per heavy atom. The largest absolute Gasteiger partial charge is 0.393 e. The van der Waals surface area contributed by atoms with Crippen molar-refractivity contribution < 1.29 is 19.3 Å². The van der Waals surface area contributed by atoms with E-state index in [9.17, 15) is 5.11 Å². The third kappa shape index (κ3) is 1.95. The van der Waals surface area contributed by atoms with Crippen LogP contribution in [0.2, 0.25) is 0 Å². The van der Waals surface area contributed by atoms with E-state index >= 15 is 0 Å². The number of aliphatic hydroxyl groups excluding tert-OH is 1. The van der Waals surface area contributed by atoms with E-state index in [1.165, 1.54) is 0 Å². The van der Waals surface area contributed by atoms with Crippen molar-refractivity contribution in [2.45, 2.75) is 30.1 Å². The van der Waals surface area contributed by atoms with Gasteiger partial charge in [0, 0.05) is 27.1 Å². The molecule has 86 valence electrons. The van der Waals surface area contributed by atoms with Crippen molar-refractivity contribution in [2.24, 2.45) is 0 Å². The Morgan fingerprint density at radius 1 is 1.20 bits per heavy atom. The highest BCUT2D eigenvalue weighted by Gasteiger charge is 2.51. The molecule has 0 aromatic carbocycles. The summed E-state index contributed by atoms with van der Waals surface area (Å²) in [6.07, 6.45) is 4.86. The smallest absolute Gasteiger partial charge is 0.113 e. The van der Waals surface area contributed by atoms with Crippen LogP contribution in [0.5, 0.6) is 0 Å². The van der Waals surface area contributed by atoms with Gasteiger partial charge in [-0.15, -0.1) is 0 Å². The highest BCUT2D eigenvalue weighted by Crippen LogP contribution is 2.43. The first kappa shape index (κ1) is 11.1. The number of fused-ring (bicyclic) bond motifs is 2. The third-order valence-electron chi connectivity index (χ3n) is 3.04.